The third-order valence-corrected chi connectivity index (χ3v) is 5.24. The summed E-state index contributed by atoms with van der Waals surface area (Å²) in [5, 5.41) is 4.78. The molecule has 1 aliphatic heterocycles. The first-order valence-corrected chi connectivity index (χ1v) is 10.2. The number of anilines is 2. The van der Waals surface area contributed by atoms with E-state index in [1.165, 1.54) is 12.6 Å². The van der Waals surface area contributed by atoms with Crippen molar-refractivity contribution in [1.29, 1.82) is 0 Å². The van der Waals surface area contributed by atoms with Crippen molar-refractivity contribution in [3.63, 3.8) is 0 Å². The van der Waals surface area contributed by atoms with Crippen LogP contribution in [0, 0.1) is 0 Å². The van der Waals surface area contributed by atoms with Gasteiger partial charge in [0.25, 0.3) is 5.91 Å². The van der Waals surface area contributed by atoms with E-state index >= 15 is 0 Å². The topological polar surface area (TPSA) is 84.4 Å². The van der Waals surface area contributed by atoms with Crippen molar-refractivity contribution in [2.75, 3.05) is 29.9 Å². The number of ether oxygens (including phenoxy) is 1. The van der Waals surface area contributed by atoms with Crippen molar-refractivity contribution in [1.82, 2.24) is 9.97 Å². The maximum atomic E-state index is 12.5. The maximum Gasteiger partial charge on any atom is 0.359 e. The predicted molar refractivity (Wildman–Crippen MR) is 116 cm³/mol. The second kappa shape index (κ2) is 9.09. The lowest BCUT2D eigenvalue weighted by molar-refractivity contribution is -0.119. The van der Waals surface area contributed by atoms with Gasteiger partial charge in [0.1, 0.15) is 0 Å². The fourth-order valence-corrected chi connectivity index (χ4v) is 3.64. The average molecular weight is 425 g/mol. The number of hydrogen-bond acceptors (Lipinski definition) is 6. The summed E-state index contributed by atoms with van der Waals surface area (Å²) in [6.45, 7) is 1.23. The molecule has 2 aromatic carbocycles. The van der Waals surface area contributed by atoms with E-state index in [2.05, 4.69) is 15.3 Å². The minimum Gasteiger partial charge on any atom is -0.451 e. The van der Waals surface area contributed by atoms with E-state index in [0.717, 1.165) is 36.7 Å². The minimum absolute atomic E-state index is 0.0369. The Kier molecular flexibility index (Phi) is 6.09. The molecule has 1 aliphatic rings. The van der Waals surface area contributed by atoms with Gasteiger partial charge in [-0.2, -0.15) is 0 Å². The van der Waals surface area contributed by atoms with Gasteiger partial charge in [-0.05, 0) is 30.7 Å². The highest BCUT2D eigenvalue weighted by molar-refractivity contribution is 6.33. The number of fused-ring (bicyclic) bond motifs is 1. The van der Waals surface area contributed by atoms with Crippen LogP contribution in [-0.2, 0) is 9.53 Å². The summed E-state index contributed by atoms with van der Waals surface area (Å²) in [6, 6.07) is 13.3. The lowest BCUT2D eigenvalue weighted by Gasteiger charge is -2.26. The number of hydrogen-bond donors (Lipinski definition) is 1. The molecular formula is C22H21ClN4O3. The van der Waals surface area contributed by atoms with Crippen molar-refractivity contribution in [2.24, 2.45) is 0 Å². The number of rotatable bonds is 5. The SMILES string of the molecule is O=C(COC(=O)c1nc(N2CCCCC2)ncc1Cl)Nc1cccc2ccccc12. The van der Waals surface area contributed by atoms with E-state index in [0.29, 0.717) is 11.6 Å². The highest BCUT2D eigenvalue weighted by Crippen LogP contribution is 2.23. The van der Waals surface area contributed by atoms with Gasteiger partial charge in [-0.25, -0.2) is 14.8 Å². The third kappa shape index (κ3) is 4.52. The fourth-order valence-electron chi connectivity index (χ4n) is 3.47. The second-order valence-electron chi connectivity index (χ2n) is 7.07. The molecule has 3 aromatic rings. The summed E-state index contributed by atoms with van der Waals surface area (Å²) in [5.74, 6) is -0.749. The van der Waals surface area contributed by atoms with Crippen molar-refractivity contribution in [3.8, 4) is 0 Å². The number of amides is 1. The first-order valence-electron chi connectivity index (χ1n) is 9.84. The molecule has 1 N–H and O–H groups in total. The molecule has 154 valence electrons. The number of halogens is 1. The van der Waals surface area contributed by atoms with Crippen LogP contribution < -0.4 is 10.2 Å². The summed E-state index contributed by atoms with van der Waals surface area (Å²) in [6.07, 6.45) is 4.68. The number of carbonyl (C=O) groups excluding carboxylic acids is 2. The molecule has 0 bridgehead atoms. The van der Waals surface area contributed by atoms with Crippen LogP contribution in [0.25, 0.3) is 10.8 Å². The zero-order valence-electron chi connectivity index (χ0n) is 16.3. The Bertz CT molecular complexity index is 1080. The maximum absolute atomic E-state index is 12.5. The molecule has 4 rings (SSSR count). The molecule has 1 aromatic heterocycles. The highest BCUT2D eigenvalue weighted by Gasteiger charge is 2.20. The van der Waals surface area contributed by atoms with Crippen LogP contribution >= 0.6 is 11.6 Å². The van der Waals surface area contributed by atoms with Gasteiger partial charge in [-0.3, -0.25) is 4.79 Å². The number of esters is 1. The van der Waals surface area contributed by atoms with Crippen molar-refractivity contribution in [3.05, 3.63) is 59.4 Å². The molecule has 0 spiro atoms. The van der Waals surface area contributed by atoms with Gasteiger partial charge >= 0.3 is 5.97 Å². The zero-order valence-corrected chi connectivity index (χ0v) is 17.1. The number of benzene rings is 2. The molecular weight excluding hydrogens is 404 g/mol. The molecule has 1 saturated heterocycles. The van der Waals surface area contributed by atoms with Crippen LogP contribution in [0.5, 0.6) is 0 Å². The van der Waals surface area contributed by atoms with E-state index in [9.17, 15) is 9.59 Å². The summed E-state index contributed by atoms with van der Waals surface area (Å²) >= 11 is 6.10. The van der Waals surface area contributed by atoms with Gasteiger partial charge in [0.2, 0.25) is 5.95 Å². The summed E-state index contributed by atoms with van der Waals surface area (Å²) in [5.41, 5.74) is 0.617. The Morgan fingerprint density at radius 3 is 2.67 bits per heavy atom. The smallest absolute Gasteiger partial charge is 0.359 e. The summed E-state index contributed by atoms with van der Waals surface area (Å²) < 4.78 is 5.15. The van der Waals surface area contributed by atoms with E-state index in [4.69, 9.17) is 16.3 Å². The summed E-state index contributed by atoms with van der Waals surface area (Å²) in [7, 11) is 0. The molecule has 0 radical (unpaired) electrons. The fraction of sp³-hybridized carbons (Fsp3) is 0.273. The van der Waals surface area contributed by atoms with Crippen LogP contribution in [0.3, 0.4) is 0 Å². The molecule has 0 aliphatic carbocycles. The first kappa shape index (κ1) is 20.1. The van der Waals surface area contributed by atoms with Gasteiger partial charge in [-0.15, -0.1) is 0 Å². The Morgan fingerprint density at radius 2 is 1.83 bits per heavy atom. The zero-order chi connectivity index (χ0) is 20.9. The third-order valence-electron chi connectivity index (χ3n) is 4.96. The number of nitrogens with one attached hydrogen (secondary N) is 1. The monoisotopic (exact) mass is 424 g/mol. The molecule has 0 saturated carbocycles. The lowest BCUT2D eigenvalue weighted by Crippen LogP contribution is -2.31. The standard InChI is InChI=1S/C22H21ClN4O3/c23-17-13-24-22(27-11-4-1-5-12-27)26-20(17)21(29)30-14-19(28)25-18-10-6-8-15-7-2-3-9-16(15)18/h2-3,6-10,13H,1,4-5,11-12,14H2,(H,25,28). The number of nitrogens with zero attached hydrogens (tertiary/aromatic N) is 3. The largest absolute Gasteiger partial charge is 0.451 e. The number of carbonyl (C=O) groups is 2. The Hall–Kier alpha value is -3.19. The Labute approximate surface area is 179 Å². The molecule has 2 heterocycles. The first-order chi connectivity index (χ1) is 14.6. The van der Waals surface area contributed by atoms with E-state index in [-0.39, 0.29) is 10.7 Å². The normalized spacial score (nSPS) is 13.8. The molecule has 8 heteroatoms. The molecule has 1 fully saturated rings. The highest BCUT2D eigenvalue weighted by atomic mass is 35.5. The second-order valence-corrected chi connectivity index (χ2v) is 7.47. The number of piperidine rings is 1. The molecule has 30 heavy (non-hydrogen) atoms. The van der Waals surface area contributed by atoms with Crippen LogP contribution in [0.4, 0.5) is 11.6 Å². The van der Waals surface area contributed by atoms with Crippen LogP contribution in [0.2, 0.25) is 5.02 Å². The molecule has 0 unspecified atom stereocenters. The van der Waals surface area contributed by atoms with Crippen LogP contribution in [0.15, 0.2) is 48.7 Å². The van der Waals surface area contributed by atoms with Crippen LogP contribution in [0.1, 0.15) is 29.8 Å². The molecule has 7 nitrogen and oxygen atoms in total. The quantitative estimate of drug-likeness (QED) is 0.621. The van der Waals surface area contributed by atoms with Crippen molar-refractivity contribution >= 4 is 45.9 Å². The van der Waals surface area contributed by atoms with Gasteiger partial charge < -0.3 is 15.0 Å². The molecule has 0 atom stereocenters. The average Bonchev–Trinajstić information content (AvgIpc) is 2.78. The van der Waals surface area contributed by atoms with Gasteiger partial charge in [0.15, 0.2) is 12.3 Å². The van der Waals surface area contributed by atoms with Crippen LogP contribution in [-0.4, -0.2) is 41.5 Å². The van der Waals surface area contributed by atoms with E-state index in [1.54, 1.807) is 6.07 Å². The van der Waals surface area contributed by atoms with Gasteiger partial charge in [0, 0.05) is 24.2 Å². The number of aromatic nitrogens is 2. The van der Waals surface area contributed by atoms with Crippen molar-refractivity contribution in [2.45, 2.75) is 19.3 Å². The van der Waals surface area contributed by atoms with Gasteiger partial charge in [-0.1, -0.05) is 48.0 Å². The minimum atomic E-state index is -0.756. The predicted octanol–water partition coefficient (Wildman–Crippen LogP) is 4.07. The van der Waals surface area contributed by atoms with Gasteiger partial charge in [0.05, 0.1) is 11.2 Å². The lowest BCUT2D eigenvalue weighted by atomic mass is 10.1. The van der Waals surface area contributed by atoms with E-state index < -0.39 is 18.5 Å². The Morgan fingerprint density at radius 1 is 1.07 bits per heavy atom. The Balaban J connectivity index is 1.41. The molecule has 1 amide bonds. The summed E-state index contributed by atoms with van der Waals surface area (Å²) in [4.78, 5) is 35.3. The van der Waals surface area contributed by atoms with E-state index in [1.807, 2.05) is 41.3 Å². The van der Waals surface area contributed by atoms with Crippen molar-refractivity contribution < 1.29 is 14.3 Å².